The Bertz CT molecular complexity index is 348. The fraction of sp³-hybridized carbons (Fsp3) is 0.667. The molecule has 88 valence electrons. The third-order valence-electron chi connectivity index (χ3n) is 2.88. The number of rotatable bonds is 4. The molecule has 2 heterocycles. The Labute approximate surface area is 96.4 Å². The third kappa shape index (κ3) is 2.70. The lowest BCUT2D eigenvalue weighted by Crippen LogP contribution is -2.35. The molecule has 1 aliphatic heterocycles. The largest absolute Gasteiger partial charge is 0.379 e. The van der Waals surface area contributed by atoms with Gasteiger partial charge in [-0.1, -0.05) is 13.3 Å². The van der Waals surface area contributed by atoms with Gasteiger partial charge < -0.3 is 10.1 Å². The van der Waals surface area contributed by atoms with Crippen LogP contribution in [-0.2, 0) is 11.2 Å². The standard InChI is InChI=1S/C12H19N3O/c1-3-4-10-7-11(14-9-13-10)15-12(2)5-6-16-8-12/h7,9H,3-6,8H2,1-2H3,(H,13,14,15). The van der Waals surface area contributed by atoms with Crippen LogP contribution >= 0.6 is 0 Å². The minimum Gasteiger partial charge on any atom is -0.379 e. The van der Waals surface area contributed by atoms with E-state index in [-0.39, 0.29) is 5.54 Å². The van der Waals surface area contributed by atoms with E-state index >= 15 is 0 Å². The Hall–Kier alpha value is -1.16. The van der Waals surface area contributed by atoms with Gasteiger partial charge in [0.05, 0.1) is 12.1 Å². The number of aromatic nitrogens is 2. The van der Waals surface area contributed by atoms with Gasteiger partial charge in [0.1, 0.15) is 12.1 Å². The van der Waals surface area contributed by atoms with Gasteiger partial charge in [-0.3, -0.25) is 0 Å². The lowest BCUT2D eigenvalue weighted by Gasteiger charge is -2.24. The van der Waals surface area contributed by atoms with Gasteiger partial charge in [0, 0.05) is 18.4 Å². The van der Waals surface area contributed by atoms with Crippen molar-refractivity contribution in [1.29, 1.82) is 0 Å². The molecule has 0 aromatic carbocycles. The molecule has 4 heteroatoms. The lowest BCUT2D eigenvalue weighted by molar-refractivity contribution is 0.185. The van der Waals surface area contributed by atoms with E-state index in [1.54, 1.807) is 6.33 Å². The molecule has 0 radical (unpaired) electrons. The summed E-state index contributed by atoms with van der Waals surface area (Å²) in [4.78, 5) is 8.50. The van der Waals surface area contributed by atoms with Gasteiger partial charge in [-0.25, -0.2) is 9.97 Å². The summed E-state index contributed by atoms with van der Waals surface area (Å²) in [5.74, 6) is 0.909. The predicted molar refractivity (Wildman–Crippen MR) is 63.5 cm³/mol. The average Bonchev–Trinajstić information content (AvgIpc) is 2.66. The molecule has 1 aromatic rings. The van der Waals surface area contributed by atoms with Crippen LogP contribution < -0.4 is 5.32 Å². The zero-order valence-electron chi connectivity index (χ0n) is 9.99. The smallest absolute Gasteiger partial charge is 0.130 e. The number of nitrogens with zero attached hydrogens (tertiary/aromatic N) is 2. The van der Waals surface area contributed by atoms with Crippen molar-refractivity contribution in [2.45, 2.75) is 38.6 Å². The Morgan fingerprint density at radius 2 is 2.38 bits per heavy atom. The second-order valence-corrected chi connectivity index (χ2v) is 4.63. The number of hydrogen-bond acceptors (Lipinski definition) is 4. The highest BCUT2D eigenvalue weighted by atomic mass is 16.5. The Kier molecular flexibility index (Phi) is 3.39. The molecule has 1 unspecified atom stereocenters. The normalized spacial score (nSPS) is 24.6. The zero-order chi connectivity index (χ0) is 11.4. The molecule has 1 atom stereocenters. The SMILES string of the molecule is CCCc1cc(NC2(C)CCOC2)ncn1. The summed E-state index contributed by atoms with van der Waals surface area (Å²) in [6.45, 7) is 5.90. The Balaban J connectivity index is 2.05. The molecule has 16 heavy (non-hydrogen) atoms. The molecule has 1 N–H and O–H groups in total. The van der Waals surface area contributed by atoms with E-state index < -0.39 is 0 Å². The summed E-state index contributed by atoms with van der Waals surface area (Å²) in [5, 5.41) is 3.44. The number of ether oxygens (including phenoxy) is 1. The summed E-state index contributed by atoms with van der Waals surface area (Å²) in [6.07, 6.45) is 4.77. The quantitative estimate of drug-likeness (QED) is 0.845. The van der Waals surface area contributed by atoms with E-state index in [1.807, 2.05) is 6.07 Å². The van der Waals surface area contributed by atoms with Crippen molar-refractivity contribution in [2.24, 2.45) is 0 Å². The molecule has 0 amide bonds. The maximum Gasteiger partial charge on any atom is 0.130 e. The molecular weight excluding hydrogens is 202 g/mol. The van der Waals surface area contributed by atoms with E-state index in [1.165, 1.54) is 0 Å². The van der Waals surface area contributed by atoms with Crippen LogP contribution in [0.4, 0.5) is 5.82 Å². The highest BCUT2D eigenvalue weighted by molar-refractivity contribution is 5.38. The molecule has 1 aliphatic rings. The maximum absolute atomic E-state index is 5.40. The highest BCUT2D eigenvalue weighted by Crippen LogP contribution is 2.22. The summed E-state index contributed by atoms with van der Waals surface area (Å²) in [5.41, 5.74) is 1.13. The first kappa shape index (κ1) is 11.3. The van der Waals surface area contributed by atoms with E-state index in [2.05, 4.69) is 29.1 Å². The molecule has 2 rings (SSSR count). The van der Waals surface area contributed by atoms with Crippen molar-refractivity contribution < 1.29 is 4.74 Å². The van der Waals surface area contributed by atoms with Crippen molar-refractivity contribution in [1.82, 2.24) is 9.97 Å². The van der Waals surface area contributed by atoms with Crippen molar-refractivity contribution in [3.8, 4) is 0 Å². The van der Waals surface area contributed by atoms with E-state index in [9.17, 15) is 0 Å². The fourth-order valence-corrected chi connectivity index (χ4v) is 1.93. The van der Waals surface area contributed by atoms with Crippen molar-refractivity contribution in [3.05, 3.63) is 18.1 Å². The first-order valence-corrected chi connectivity index (χ1v) is 5.89. The van der Waals surface area contributed by atoms with E-state index in [0.717, 1.165) is 44.0 Å². The first-order chi connectivity index (χ1) is 7.72. The number of hydrogen-bond donors (Lipinski definition) is 1. The van der Waals surface area contributed by atoms with Gasteiger partial charge in [0.15, 0.2) is 0 Å². The van der Waals surface area contributed by atoms with Gasteiger partial charge in [-0.15, -0.1) is 0 Å². The van der Waals surface area contributed by atoms with Crippen LogP contribution in [0.2, 0.25) is 0 Å². The van der Waals surface area contributed by atoms with Crippen molar-refractivity contribution in [3.63, 3.8) is 0 Å². The molecular formula is C12H19N3O. The minimum atomic E-state index is 0.0256. The van der Waals surface area contributed by atoms with Crippen LogP contribution in [0, 0.1) is 0 Å². The number of aryl methyl sites for hydroxylation is 1. The van der Waals surface area contributed by atoms with E-state index in [0.29, 0.717) is 0 Å². The minimum absolute atomic E-state index is 0.0256. The number of anilines is 1. The summed E-state index contributed by atoms with van der Waals surface area (Å²) in [6, 6.07) is 2.03. The van der Waals surface area contributed by atoms with Crippen LogP contribution in [0.5, 0.6) is 0 Å². The van der Waals surface area contributed by atoms with Gasteiger partial charge in [-0.05, 0) is 19.8 Å². The topological polar surface area (TPSA) is 47.0 Å². The molecule has 0 bridgehead atoms. The Morgan fingerprint density at radius 1 is 1.50 bits per heavy atom. The molecule has 1 aromatic heterocycles. The van der Waals surface area contributed by atoms with Gasteiger partial charge >= 0.3 is 0 Å². The van der Waals surface area contributed by atoms with Gasteiger partial charge in [0.2, 0.25) is 0 Å². The van der Waals surface area contributed by atoms with Gasteiger partial charge in [0.25, 0.3) is 0 Å². The second kappa shape index (κ2) is 4.78. The lowest BCUT2D eigenvalue weighted by atomic mass is 10.0. The molecule has 4 nitrogen and oxygen atoms in total. The second-order valence-electron chi connectivity index (χ2n) is 4.63. The van der Waals surface area contributed by atoms with Crippen LogP contribution in [-0.4, -0.2) is 28.7 Å². The molecule has 0 spiro atoms. The molecule has 1 fully saturated rings. The summed E-state index contributed by atoms with van der Waals surface area (Å²) < 4.78 is 5.40. The summed E-state index contributed by atoms with van der Waals surface area (Å²) in [7, 11) is 0. The number of nitrogens with one attached hydrogen (secondary N) is 1. The molecule has 0 saturated carbocycles. The van der Waals surface area contributed by atoms with Crippen LogP contribution in [0.1, 0.15) is 32.4 Å². The van der Waals surface area contributed by atoms with Crippen molar-refractivity contribution in [2.75, 3.05) is 18.5 Å². The van der Waals surface area contributed by atoms with E-state index in [4.69, 9.17) is 4.74 Å². The fourth-order valence-electron chi connectivity index (χ4n) is 1.93. The maximum atomic E-state index is 5.40. The molecule has 1 saturated heterocycles. The van der Waals surface area contributed by atoms with Crippen LogP contribution in [0.15, 0.2) is 12.4 Å². The summed E-state index contributed by atoms with van der Waals surface area (Å²) >= 11 is 0. The molecule has 0 aliphatic carbocycles. The van der Waals surface area contributed by atoms with Gasteiger partial charge in [-0.2, -0.15) is 0 Å². The zero-order valence-corrected chi connectivity index (χ0v) is 9.99. The van der Waals surface area contributed by atoms with Crippen LogP contribution in [0.25, 0.3) is 0 Å². The Morgan fingerprint density at radius 3 is 3.06 bits per heavy atom. The third-order valence-corrected chi connectivity index (χ3v) is 2.88. The first-order valence-electron chi connectivity index (χ1n) is 5.89. The highest BCUT2D eigenvalue weighted by Gasteiger charge is 2.29. The van der Waals surface area contributed by atoms with Crippen molar-refractivity contribution >= 4 is 5.82 Å². The van der Waals surface area contributed by atoms with Crippen LogP contribution in [0.3, 0.4) is 0 Å². The predicted octanol–water partition coefficient (Wildman–Crippen LogP) is 2.02. The monoisotopic (exact) mass is 221 g/mol. The average molecular weight is 221 g/mol.